The van der Waals surface area contributed by atoms with Crippen LogP contribution < -0.4 is 10.6 Å². The number of hydrogen-bond acceptors (Lipinski definition) is 6. The zero-order valence-electron chi connectivity index (χ0n) is 16.3. The molecule has 4 aromatic rings. The van der Waals surface area contributed by atoms with Gasteiger partial charge in [0.05, 0.1) is 12.6 Å². The van der Waals surface area contributed by atoms with Crippen molar-refractivity contribution >= 4 is 29.1 Å². The van der Waals surface area contributed by atoms with Gasteiger partial charge in [0.25, 0.3) is 5.91 Å². The van der Waals surface area contributed by atoms with Crippen molar-refractivity contribution in [2.45, 2.75) is 6.04 Å². The van der Waals surface area contributed by atoms with Gasteiger partial charge in [-0.15, -0.1) is 0 Å². The first-order valence-corrected chi connectivity index (χ1v) is 9.87. The lowest BCUT2D eigenvalue weighted by Crippen LogP contribution is -2.31. The molecule has 4 rings (SSSR count). The molecule has 0 aliphatic rings. The maximum absolute atomic E-state index is 12.7. The topological polar surface area (TPSA) is 116 Å². The highest BCUT2D eigenvalue weighted by Crippen LogP contribution is 2.20. The molecule has 9 heteroatoms. The Morgan fingerprint density at radius 1 is 1.10 bits per heavy atom. The Hall–Kier alpha value is -3.75. The van der Waals surface area contributed by atoms with Gasteiger partial charge in [-0.25, -0.2) is 9.97 Å². The summed E-state index contributed by atoms with van der Waals surface area (Å²) in [5.74, 6) is 0.434. The molecular weight excluding hydrogens is 416 g/mol. The Kier molecular flexibility index (Phi) is 6.21. The fraction of sp³-hybridized carbons (Fsp3) is 0.0909. The van der Waals surface area contributed by atoms with E-state index in [1.54, 1.807) is 36.5 Å². The Labute approximate surface area is 183 Å². The van der Waals surface area contributed by atoms with Gasteiger partial charge in [0.1, 0.15) is 12.0 Å². The van der Waals surface area contributed by atoms with E-state index >= 15 is 0 Å². The minimum atomic E-state index is -0.586. The summed E-state index contributed by atoms with van der Waals surface area (Å²) in [6.07, 6.45) is 3.05. The number of halogens is 1. The van der Waals surface area contributed by atoms with E-state index < -0.39 is 6.04 Å². The Bertz CT molecular complexity index is 1180. The maximum atomic E-state index is 12.7. The fourth-order valence-electron chi connectivity index (χ4n) is 2.99. The number of aromatic amines is 1. The number of H-pyrrole nitrogens is 1. The predicted molar refractivity (Wildman–Crippen MR) is 118 cm³/mol. The van der Waals surface area contributed by atoms with Crippen molar-refractivity contribution in [3.05, 3.63) is 89.5 Å². The van der Waals surface area contributed by atoms with Crippen LogP contribution in [0.3, 0.4) is 0 Å². The number of nitrogens with one attached hydrogen (secondary N) is 3. The number of carbonyl (C=O) groups excluding carboxylic acids is 1. The molecule has 2 aromatic heterocycles. The standard InChI is InChI=1S/C22H19ClN6O2/c23-16-6-4-5-14(9-16)19(12-30)28-21(31)18-10-15(11-24-18)20-25-13-26-22(29-20)27-17-7-2-1-3-8-17/h1-11,13,19,24,30H,12H2,(H,28,31)(H,25,26,27,29). The molecule has 0 aliphatic carbocycles. The zero-order chi connectivity index (χ0) is 21.6. The van der Waals surface area contributed by atoms with Crippen LogP contribution in [0, 0.1) is 0 Å². The lowest BCUT2D eigenvalue weighted by Gasteiger charge is -2.16. The van der Waals surface area contributed by atoms with E-state index in [1.807, 2.05) is 30.3 Å². The van der Waals surface area contributed by atoms with E-state index in [2.05, 4.69) is 30.6 Å². The van der Waals surface area contributed by atoms with Crippen LogP contribution in [0.1, 0.15) is 22.1 Å². The molecular formula is C22H19ClN6O2. The van der Waals surface area contributed by atoms with Gasteiger partial charge in [-0.05, 0) is 35.9 Å². The molecule has 0 saturated carbocycles. The van der Waals surface area contributed by atoms with Crippen LogP contribution >= 0.6 is 11.6 Å². The smallest absolute Gasteiger partial charge is 0.268 e. The third kappa shape index (κ3) is 5.06. The Morgan fingerprint density at radius 3 is 2.71 bits per heavy atom. The van der Waals surface area contributed by atoms with Gasteiger partial charge in [-0.1, -0.05) is 41.9 Å². The number of anilines is 2. The lowest BCUT2D eigenvalue weighted by molar-refractivity contribution is 0.0912. The summed E-state index contributed by atoms with van der Waals surface area (Å²) in [5, 5.41) is 16.1. The van der Waals surface area contributed by atoms with Crippen molar-refractivity contribution in [3.63, 3.8) is 0 Å². The molecule has 0 spiro atoms. The molecule has 1 unspecified atom stereocenters. The van der Waals surface area contributed by atoms with Crippen molar-refractivity contribution in [2.24, 2.45) is 0 Å². The summed E-state index contributed by atoms with van der Waals surface area (Å²) in [7, 11) is 0. The molecule has 4 N–H and O–H groups in total. The second-order valence-corrected chi connectivity index (χ2v) is 7.13. The first-order valence-electron chi connectivity index (χ1n) is 9.49. The number of nitrogens with zero attached hydrogens (tertiary/aromatic N) is 3. The molecule has 156 valence electrons. The Morgan fingerprint density at radius 2 is 1.94 bits per heavy atom. The minimum absolute atomic E-state index is 0.262. The molecule has 0 aliphatic heterocycles. The van der Waals surface area contributed by atoms with Gasteiger partial charge in [0.15, 0.2) is 5.82 Å². The molecule has 0 bridgehead atoms. The van der Waals surface area contributed by atoms with Crippen LogP contribution in [0.15, 0.2) is 73.2 Å². The highest BCUT2D eigenvalue weighted by molar-refractivity contribution is 6.30. The number of aliphatic hydroxyl groups excluding tert-OH is 1. The summed E-state index contributed by atoms with van der Waals surface area (Å²) in [5.41, 5.74) is 2.51. The number of benzene rings is 2. The highest BCUT2D eigenvalue weighted by atomic mass is 35.5. The normalized spacial score (nSPS) is 11.7. The number of hydrogen-bond donors (Lipinski definition) is 4. The van der Waals surface area contributed by atoms with Gasteiger partial charge in [0, 0.05) is 22.5 Å². The van der Waals surface area contributed by atoms with Crippen LogP contribution in [0.5, 0.6) is 0 Å². The molecule has 1 atom stereocenters. The summed E-state index contributed by atoms with van der Waals surface area (Å²) in [6.45, 7) is -0.262. The molecule has 0 saturated heterocycles. The van der Waals surface area contributed by atoms with Gasteiger partial charge in [-0.3, -0.25) is 4.79 Å². The van der Waals surface area contributed by atoms with Crippen molar-refractivity contribution in [2.75, 3.05) is 11.9 Å². The molecule has 2 aromatic carbocycles. The number of rotatable bonds is 7. The van der Waals surface area contributed by atoms with Crippen molar-refractivity contribution in [1.29, 1.82) is 0 Å². The second-order valence-electron chi connectivity index (χ2n) is 6.69. The average Bonchev–Trinajstić information content (AvgIpc) is 3.29. The number of carbonyl (C=O) groups is 1. The monoisotopic (exact) mass is 434 g/mol. The van der Waals surface area contributed by atoms with Crippen molar-refractivity contribution in [1.82, 2.24) is 25.3 Å². The van der Waals surface area contributed by atoms with Crippen LogP contribution in [-0.4, -0.2) is 37.6 Å². The molecule has 0 radical (unpaired) electrons. The average molecular weight is 435 g/mol. The maximum Gasteiger partial charge on any atom is 0.268 e. The van der Waals surface area contributed by atoms with Crippen LogP contribution in [0.25, 0.3) is 11.4 Å². The summed E-state index contributed by atoms with van der Waals surface area (Å²) < 4.78 is 0. The third-order valence-corrected chi connectivity index (χ3v) is 4.76. The van der Waals surface area contributed by atoms with E-state index in [0.29, 0.717) is 33.6 Å². The van der Waals surface area contributed by atoms with E-state index in [-0.39, 0.29) is 12.5 Å². The van der Waals surface area contributed by atoms with Crippen molar-refractivity contribution in [3.8, 4) is 11.4 Å². The number of aliphatic hydroxyl groups is 1. The largest absolute Gasteiger partial charge is 0.394 e. The minimum Gasteiger partial charge on any atom is -0.394 e. The first kappa shape index (κ1) is 20.5. The van der Waals surface area contributed by atoms with Gasteiger partial charge in [0.2, 0.25) is 5.95 Å². The van der Waals surface area contributed by atoms with Gasteiger partial charge >= 0.3 is 0 Å². The molecule has 1 amide bonds. The van der Waals surface area contributed by atoms with Crippen LogP contribution in [-0.2, 0) is 0 Å². The second kappa shape index (κ2) is 9.38. The summed E-state index contributed by atoms with van der Waals surface area (Å²) >= 11 is 6.01. The van der Waals surface area contributed by atoms with E-state index in [9.17, 15) is 9.90 Å². The van der Waals surface area contributed by atoms with Gasteiger partial charge < -0.3 is 20.7 Å². The third-order valence-electron chi connectivity index (χ3n) is 4.53. The van der Waals surface area contributed by atoms with Gasteiger partial charge in [-0.2, -0.15) is 4.98 Å². The Balaban J connectivity index is 1.49. The van der Waals surface area contributed by atoms with Crippen LogP contribution in [0.2, 0.25) is 5.02 Å². The van der Waals surface area contributed by atoms with E-state index in [4.69, 9.17) is 11.6 Å². The molecule has 8 nitrogen and oxygen atoms in total. The molecule has 0 fully saturated rings. The highest BCUT2D eigenvalue weighted by Gasteiger charge is 2.17. The zero-order valence-corrected chi connectivity index (χ0v) is 17.0. The fourth-order valence-corrected chi connectivity index (χ4v) is 3.19. The first-order chi connectivity index (χ1) is 15.1. The van der Waals surface area contributed by atoms with E-state index in [1.165, 1.54) is 6.33 Å². The lowest BCUT2D eigenvalue weighted by atomic mass is 10.1. The SMILES string of the molecule is O=C(NC(CO)c1cccc(Cl)c1)c1cc(-c2ncnc(Nc3ccccc3)n2)c[nH]1. The predicted octanol–water partition coefficient (Wildman–Crippen LogP) is 3.73. The molecule has 2 heterocycles. The van der Waals surface area contributed by atoms with E-state index in [0.717, 1.165) is 5.69 Å². The summed E-state index contributed by atoms with van der Waals surface area (Å²) in [6, 6.07) is 17.6. The quantitative estimate of drug-likeness (QED) is 0.352. The number of amides is 1. The molecule has 31 heavy (non-hydrogen) atoms. The number of para-hydroxylation sites is 1. The van der Waals surface area contributed by atoms with Crippen LogP contribution in [0.4, 0.5) is 11.6 Å². The summed E-state index contributed by atoms with van der Waals surface area (Å²) in [4.78, 5) is 28.3. The van der Waals surface area contributed by atoms with Crippen molar-refractivity contribution < 1.29 is 9.90 Å². The number of aromatic nitrogens is 4.